The number of anilines is 1. The number of aryl methyl sites for hydroxylation is 2. The van der Waals surface area contributed by atoms with Crippen molar-refractivity contribution < 1.29 is 8.42 Å². The van der Waals surface area contributed by atoms with Crippen molar-refractivity contribution in [1.82, 2.24) is 9.97 Å². The molecule has 3 aromatic rings. The lowest BCUT2D eigenvalue weighted by molar-refractivity contribution is 0.600. The molecule has 0 amide bonds. The minimum Gasteiger partial charge on any atom is -0.342 e. The summed E-state index contributed by atoms with van der Waals surface area (Å²) >= 11 is 0. The summed E-state index contributed by atoms with van der Waals surface area (Å²) in [5.74, 6) is 0.848. The van der Waals surface area contributed by atoms with Gasteiger partial charge in [-0.1, -0.05) is 31.2 Å². The van der Waals surface area contributed by atoms with Gasteiger partial charge in [0.2, 0.25) is 10.0 Å². The minimum atomic E-state index is -3.46. The number of aromatic amines is 1. The van der Waals surface area contributed by atoms with E-state index in [0.717, 1.165) is 34.4 Å². The van der Waals surface area contributed by atoms with Gasteiger partial charge in [0.15, 0.2) is 0 Å². The van der Waals surface area contributed by atoms with Crippen molar-refractivity contribution in [2.45, 2.75) is 26.0 Å². The highest BCUT2D eigenvalue weighted by Gasteiger charge is 2.14. The highest BCUT2D eigenvalue weighted by Crippen LogP contribution is 2.20. The molecule has 3 rings (SSSR count). The van der Waals surface area contributed by atoms with Crippen LogP contribution in [0.4, 0.5) is 5.69 Å². The van der Waals surface area contributed by atoms with Crippen LogP contribution in [0, 0.1) is 6.92 Å². The number of hydrogen-bond acceptors (Lipinski definition) is 3. The summed E-state index contributed by atoms with van der Waals surface area (Å²) in [5.41, 5.74) is 3.98. The summed E-state index contributed by atoms with van der Waals surface area (Å²) in [7, 11) is -3.46. The third-order valence-corrected chi connectivity index (χ3v) is 4.98. The number of H-pyrrole nitrogens is 1. The second kappa shape index (κ2) is 6.04. The maximum atomic E-state index is 12.4. The van der Waals surface area contributed by atoms with Crippen molar-refractivity contribution in [1.29, 1.82) is 0 Å². The molecule has 120 valence electrons. The minimum absolute atomic E-state index is 0.0408. The smallest absolute Gasteiger partial charge is 0.236 e. The summed E-state index contributed by atoms with van der Waals surface area (Å²) < 4.78 is 27.4. The summed E-state index contributed by atoms with van der Waals surface area (Å²) in [6.07, 6.45) is 0.809. The van der Waals surface area contributed by atoms with E-state index < -0.39 is 10.0 Å². The lowest BCUT2D eigenvalue weighted by atomic mass is 10.1. The predicted octanol–water partition coefficient (Wildman–Crippen LogP) is 3.38. The van der Waals surface area contributed by atoms with Crippen LogP contribution in [0.1, 0.15) is 23.9 Å². The van der Waals surface area contributed by atoms with Crippen LogP contribution < -0.4 is 4.72 Å². The number of rotatable bonds is 5. The molecule has 6 heteroatoms. The van der Waals surface area contributed by atoms with E-state index in [1.54, 1.807) is 12.1 Å². The van der Waals surface area contributed by atoms with E-state index in [9.17, 15) is 8.42 Å². The van der Waals surface area contributed by atoms with Gasteiger partial charge >= 0.3 is 0 Å². The van der Waals surface area contributed by atoms with E-state index in [1.807, 2.05) is 44.2 Å². The lowest BCUT2D eigenvalue weighted by Crippen LogP contribution is -2.15. The van der Waals surface area contributed by atoms with Crippen LogP contribution in [0.5, 0.6) is 0 Å². The highest BCUT2D eigenvalue weighted by molar-refractivity contribution is 7.91. The Balaban J connectivity index is 1.84. The molecule has 0 atom stereocenters. The second-order valence-corrected chi connectivity index (χ2v) is 7.28. The Hall–Kier alpha value is -2.34. The standard InChI is InChI=1S/C17H19N3O2S/c1-3-17-18-15-9-8-14(10-16(15)19-17)20-23(21,22)11-13-7-5-4-6-12(13)2/h4-10,20H,3,11H2,1-2H3,(H,18,19). The summed E-state index contributed by atoms with van der Waals surface area (Å²) in [5, 5.41) is 0. The van der Waals surface area contributed by atoms with E-state index in [1.165, 1.54) is 0 Å². The Morgan fingerprint density at radius 2 is 1.96 bits per heavy atom. The van der Waals surface area contributed by atoms with Gasteiger partial charge in [-0.3, -0.25) is 4.72 Å². The molecule has 23 heavy (non-hydrogen) atoms. The Bertz CT molecular complexity index is 945. The molecule has 2 N–H and O–H groups in total. The first kappa shape index (κ1) is 15.6. The molecule has 5 nitrogen and oxygen atoms in total. The normalized spacial score (nSPS) is 11.7. The zero-order valence-corrected chi connectivity index (χ0v) is 13.9. The van der Waals surface area contributed by atoms with Crippen LogP contribution in [0.25, 0.3) is 11.0 Å². The van der Waals surface area contributed by atoms with Crippen LogP contribution in [-0.4, -0.2) is 18.4 Å². The fourth-order valence-electron chi connectivity index (χ4n) is 2.49. The van der Waals surface area contributed by atoms with Gasteiger partial charge in [-0.2, -0.15) is 0 Å². The number of hydrogen-bond donors (Lipinski definition) is 2. The Labute approximate surface area is 135 Å². The number of sulfonamides is 1. The van der Waals surface area contributed by atoms with E-state index >= 15 is 0 Å². The molecule has 0 aliphatic rings. The van der Waals surface area contributed by atoms with Crippen LogP contribution in [0.3, 0.4) is 0 Å². The van der Waals surface area contributed by atoms with Gasteiger partial charge in [0.05, 0.1) is 22.5 Å². The number of fused-ring (bicyclic) bond motifs is 1. The van der Waals surface area contributed by atoms with E-state index in [-0.39, 0.29) is 5.75 Å². The van der Waals surface area contributed by atoms with Gasteiger partial charge in [0, 0.05) is 6.42 Å². The molecule has 0 radical (unpaired) electrons. The molecule has 0 fully saturated rings. The zero-order valence-electron chi connectivity index (χ0n) is 13.1. The third kappa shape index (κ3) is 3.53. The van der Waals surface area contributed by atoms with Gasteiger partial charge in [0.25, 0.3) is 0 Å². The van der Waals surface area contributed by atoms with E-state index in [2.05, 4.69) is 14.7 Å². The summed E-state index contributed by atoms with van der Waals surface area (Å²) in [6, 6.07) is 12.8. The SMILES string of the molecule is CCc1nc2ccc(NS(=O)(=O)Cc3ccccc3C)cc2[nH]1. The van der Waals surface area contributed by atoms with Crippen molar-refractivity contribution in [3.63, 3.8) is 0 Å². The Morgan fingerprint density at radius 1 is 1.17 bits per heavy atom. The van der Waals surface area contributed by atoms with Gasteiger partial charge < -0.3 is 4.98 Å². The van der Waals surface area contributed by atoms with Crippen molar-refractivity contribution in [3.8, 4) is 0 Å². The molecule has 0 bridgehead atoms. The Morgan fingerprint density at radius 3 is 2.70 bits per heavy atom. The summed E-state index contributed by atoms with van der Waals surface area (Å²) in [4.78, 5) is 7.60. The predicted molar refractivity (Wildman–Crippen MR) is 92.9 cm³/mol. The first-order chi connectivity index (χ1) is 11.0. The number of benzene rings is 2. The molecular formula is C17H19N3O2S. The van der Waals surface area contributed by atoms with Crippen molar-refractivity contribution in [2.24, 2.45) is 0 Å². The molecule has 1 heterocycles. The maximum absolute atomic E-state index is 12.4. The van der Waals surface area contributed by atoms with Crippen molar-refractivity contribution in [2.75, 3.05) is 4.72 Å². The molecule has 1 aromatic heterocycles. The first-order valence-electron chi connectivity index (χ1n) is 7.50. The molecule has 0 aliphatic carbocycles. The average Bonchev–Trinajstić information content (AvgIpc) is 2.91. The second-order valence-electron chi connectivity index (χ2n) is 5.56. The van der Waals surface area contributed by atoms with Gasteiger partial charge in [-0.15, -0.1) is 0 Å². The summed E-state index contributed by atoms with van der Waals surface area (Å²) in [6.45, 7) is 3.93. The fourth-order valence-corrected chi connectivity index (χ4v) is 3.78. The lowest BCUT2D eigenvalue weighted by Gasteiger charge is -2.09. The van der Waals surface area contributed by atoms with E-state index in [0.29, 0.717) is 5.69 Å². The third-order valence-electron chi connectivity index (χ3n) is 3.75. The monoisotopic (exact) mass is 329 g/mol. The molecule has 2 aromatic carbocycles. The fraction of sp³-hybridized carbons (Fsp3) is 0.235. The molecule has 0 aliphatic heterocycles. The largest absolute Gasteiger partial charge is 0.342 e. The van der Waals surface area contributed by atoms with Crippen molar-refractivity contribution in [3.05, 3.63) is 59.4 Å². The van der Waals surface area contributed by atoms with Gasteiger partial charge in [-0.25, -0.2) is 13.4 Å². The zero-order chi connectivity index (χ0) is 16.4. The number of nitrogens with zero attached hydrogens (tertiary/aromatic N) is 1. The van der Waals surface area contributed by atoms with E-state index in [4.69, 9.17) is 0 Å². The van der Waals surface area contributed by atoms with Crippen LogP contribution >= 0.6 is 0 Å². The van der Waals surface area contributed by atoms with Gasteiger partial charge in [0.1, 0.15) is 5.82 Å². The number of aromatic nitrogens is 2. The first-order valence-corrected chi connectivity index (χ1v) is 9.16. The molecule has 0 spiro atoms. The van der Waals surface area contributed by atoms with Crippen LogP contribution in [0.2, 0.25) is 0 Å². The van der Waals surface area contributed by atoms with Gasteiger partial charge in [-0.05, 0) is 36.2 Å². The Kier molecular flexibility index (Phi) is 4.09. The van der Waals surface area contributed by atoms with Crippen LogP contribution in [-0.2, 0) is 22.2 Å². The molecule has 0 saturated carbocycles. The quantitative estimate of drug-likeness (QED) is 0.753. The van der Waals surface area contributed by atoms with Crippen molar-refractivity contribution >= 4 is 26.7 Å². The maximum Gasteiger partial charge on any atom is 0.236 e. The number of imidazole rings is 1. The topological polar surface area (TPSA) is 74.8 Å². The van der Waals surface area contributed by atoms with Crippen LogP contribution in [0.15, 0.2) is 42.5 Å². The molecule has 0 unspecified atom stereocenters. The average molecular weight is 329 g/mol. The highest BCUT2D eigenvalue weighted by atomic mass is 32.2. The molecule has 0 saturated heterocycles. The molecular weight excluding hydrogens is 310 g/mol. The number of nitrogens with one attached hydrogen (secondary N) is 2.